The fourth-order valence-electron chi connectivity index (χ4n) is 2.87. The Morgan fingerprint density at radius 2 is 1.85 bits per heavy atom. The first-order valence-electron chi connectivity index (χ1n) is 8.53. The van der Waals surface area contributed by atoms with E-state index in [1.54, 1.807) is 32.5 Å². The van der Waals surface area contributed by atoms with Gasteiger partial charge in [-0.05, 0) is 31.3 Å². The molecule has 7 nitrogen and oxygen atoms in total. The molecule has 2 aromatic rings. The minimum absolute atomic E-state index is 0.0288. The van der Waals surface area contributed by atoms with Gasteiger partial charge in [0, 0.05) is 44.0 Å². The zero-order chi connectivity index (χ0) is 18.5. The van der Waals surface area contributed by atoms with Crippen molar-refractivity contribution in [1.82, 2.24) is 14.8 Å². The Balaban J connectivity index is 1.78. The van der Waals surface area contributed by atoms with E-state index in [0.717, 1.165) is 31.9 Å². The number of amides is 1. The molecular weight excluding hydrogens is 332 g/mol. The molecule has 26 heavy (non-hydrogen) atoms. The van der Waals surface area contributed by atoms with Gasteiger partial charge in [0.05, 0.1) is 19.9 Å². The summed E-state index contributed by atoms with van der Waals surface area (Å²) in [6.07, 6.45) is 1.64. The van der Waals surface area contributed by atoms with Crippen LogP contribution in [-0.2, 0) is 0 Å². The smallest absolute Gasteiger partial charge is 0.254 e. The van der Waals surface area contributed by atoms with Crippen LogP contribution in [0.15, 0.2) is 36.5 Å². The summed E-state index contributed by atoms with van der Waals surface area (Å²) < 4.78 is 10.6. The first-order chi connectivity index (χ1) is 12.6. The van der Waals surface area contributed by atoms with Gasteiger partial charge >= 0.3 is 0 Å². The molecule has 1 aromatic carbocycles. The standard InChI is InChI=1S/C19H24N4O3/c1-22-8-10-23(11-9-22)19(24)14-6-7-20-18(12-14)21-16-13-15(25-2)4-5-17(16)26-3/h4-7,12-13H,8-11H2,1-3H3,(H,20,21). The summed E-state index contributed by atoms with van der Waals surface area (Å²) in [4.78, 5) is 21.2. The summed E-state index contributed by atoms with van der Waals surface area (Å²) >= 11 is 0. The van der Waals surface area contributed by atoms with E-state index in [1.165, 1.54) is 0 Å². The Labute approximate surface area is 153 Å². The van der Waals surface area contributed by atoms with Crippen LogP contribution in [0.1, 0.15) is 10.4 Å². The number of ether oxygens (including phenoxy) is 2. The second-order valence-electron chi connectivity index (χ2n) is 6.22. The summed E-state index contributed by atoms with van der Waals surface area (Å²) in [5.74, 6) is 1.99. The number of methoxy groups -OCH3 is 2. The number of aromatic nitrogens is 1. The second kappa shape index (κ2) is 8.05. The topological polar surface area (TPSA) is 66.9 Å². The Kier molecular flexibility index (Phi) is 5.58. The number of rotatable bonds is 5. The van der Waals surface area contributed by atoms with Crippen molar-refractivity contribution in [2.24, 2.45) is 0 Å². The molecule has 1 aliphatic rings. The first-order valence-corrected chi connectivity index (χ1v) is 8.53. The third kappa shape index (κ3) is 4.05. The van der Waals surface area contributed by atoms with Crippen LogP contribution in [0.2, 0.25) is 0 Å². The molecule has 138 valence electrons. The van der Waals surface area contributed by atoms with Crippen molar-refractivity contribution >= 4 is 17.4 Å². The van der Waals surface area contributed by atoms with Crippen LogP contribution in [0.25, 0.3) is 0 Å². The van der Waals surface area contributed by atoms with Gasteiger partial charge in [-0.1, -0.05) is 0 Å². The Hall–Kier alpha value is -2.80. The molecule has 0 atom stereocenters. The number of carbonyl (C=O) groups is 1. The highest BCUT2D eigenvalue weighted by Gasteiger charge is 2.20. The van der Waals surface area contributed by atoms with Crippen molar-refractivity contribution in [2.45, 2.75) is 0 Å². The molecule has 3 rings (SSSR count). The van der Waals surface area contributed by atoms with Crippen LogP contribution in [0.4, 0.5) is 11.5 Å². The molecule has 1 aromatic heterocycles. The Morgan fingerprint density at radius 1 is 1.08 bits per heavy atom. The molecule has 7 heteroatoms. The van der Waals surface area contributed by atoms with Crippen molar-refractivity contribution < 1.29 is 14.3 Å². The van der Waals surface area contributed by atoms with E-state index in [4.69, 9.17) is 9.47 Å². The third-order valence-corrected chi connectivity index (χ3v) is 4.47. The number of nitrogens with one attached hydrogen (secondary N) is 1. The number of nitrogens with zero attached hydrogens (tertiary/aromatic N) is 3. The highest BCUT2D eigenvalue weighted by Crippen LogP contribution is 2.31. The number of carbonyl (C=O) groups excluding carboxylic acids is 1. The van der Waals surface area contributed by atoms with Gasteiger partial charge in [-0.2, -0.15) is 0 Å². The maximum atomic E-state index is 12.7. The van der Waals surface area contributed by atoms with Gasteiger partial charge in [0.1, 0.15) is 17.3 Å². The number of pyridine rings is 1. The number of likely N-dealkylation sites (N-methyl/N-ethyl adjacent to an activating group) is 1. The highest BCUT2D eigenvalue weighted by atomic mass is 16.5. The van der Waals surface area contributed by atoms with E-state index >= 15 is 0 Å². The molecule has 0 bridgehead atoms. The number of benzene rings is 1. The SMILES string of the molecule is COc1ccc(OC)c(Nc2cc(C(=O)N3CCN(C)CC3)ccn2)c1. The van der Waals surface area contributed by atoms with Crippen LogP contribution < -0.4 is 14.8 Å². The van der Waals surface area contributed by atoms with E-state index in [0.29, 0.717) is 22.9 Å². The molecule has 0 radical (unpaired) electrons. The zero-order valence-corrected chi connectivity index (χ0v) is 15.4. The monoisotopic (exact) mass is 356 g/mol. The normalized spacial score (nSPS) is 14.8. The van der Waals surface area contributed by atoms with Crippen LogP contribution in [0, 0.1) is 0 Å². The molecule has 1 aliphatic heterocycles. The minimum atomic E-state index is 0.0288. The average Bonchev–Trinajstić information content (AvgIpc) is 2.68. The van der Waals surface area contributed by atoms with Gasteiger partial charge < -0.3 is 24.6 Å². The van der Waals surface area contributed by atoms with Crippen molar-refractivity contribution in [3.63, 3.8) is 0 Å². The predicted molar refractivity (Wildman–Crippen MR) is 100 cm³/mol. The quantitative estimate of drug-likeness (QED) is 0.886. The number of piperazine rings is 1. The number of hydrogen-bond donors (Lipinski definition) is 1. The molecule has 0 unspecified atom stereocenters. The molecule has 1 saturated heterocycles. The lowest BCUT2D eigenvalue weighted by atomic mass is 10.2. The lowest BCUT2D eigenvalue weighted by Crippen LogP contribution is -2.47. The third-order valence-electron chi connectivity index (χ3n) is 4.47. The van der Waals surface area contributed by atoms with Crippen LogP contribution in [0.5, 0.6) is 11.5 Å². The van der Waals surface area contributed by atoms with E-state index in [9.17, 15) is 4.79 Å². The first kappa shape index (κ1) is 18.0. The Morgan fingerprint density at radius 3 is 2.54 bits per heavy atom. The summed E-state index contributed by atoms with van der Waals surface area (Å²) in [5, 5.41) is 3.21. The highest BCUT2D eigenvalue weighted by molar-refractivity contribution is 5.95. The maximum Gasteiger partial charge on any atom is 0.254 e. The molecule has 1 fully saturated rings. The maximum absolute atomic E-state index is 12.7. The van der Waals surface area contributed by atoms with Gasteiger partial charge in [0.15, 0.2) is 0 Å². The van der Waals surface area contributed by atoms with E-state index in [1.807, 2.05) is 23.1 Å². The molecule has 2 heterocycles. The summed E-state index contributed by atoms with van der Waals surface area (Å²) in [6, 6.07) is 8.98. The van der Waals surface area contributed by atoms with Crippen LogP contribution in [0.3, 0.4) is 0 Å². The minimum Gasteiger partial charge on any atom is -0.497 e. The fourth-order valence-corrected chi connectivity index (χ4v) is 2.87. The van der Waals surface area contributed by atoms with Crippen molar-refractivity contribution in [3.8, 4) is 11.5 Å². The van der Waals surface area contributed by atoms with E-state index in [-0.39, 0.29) is 5.91 Å². The number of anilines is 2. The molecule has 0 spiro atoms. The van der Waals surface area contributed by atoms with Crippen molar-refractivity contribution in [2.75, 3.05) is 52.8 Å². The van der Waals surface area contributed by atoms with Gasteiger partial charge in [0.25, 0.3) is 5.91 Å². The lowest BCUT2D eigenvalue weighted by molar-refractivity contribution is 0.0664. The van der Waals surface area contributed by atoms with Gasteiger partial charge in [-0.15, -0.1) is 0 Å². The van der Waals surface area contributed by atoms with Crippen molar-refractivity contribution in [1.29, 1.82) is 0 Å². The fraction of sp³-hybridized carbons (Fsp3) is 0.368. The van der Waals surface area contributed by atoms with Crippen LogP contribution >= 0.6 is 0 Å². The molecule has 1 amide bonds. The zero-order valence-electron chi connectivity index (χ0n) is 15.4. The van der Waals surface area contributed by atoms with Gasteiger partial charge in [0.2, 0.25) is 0 Å². The van der Waals surface area contributed by atoms with Gasteiger partial charge in [-0.3, -0.25) is 4.79 Å². The molecule has 0 saturated carbocycles. The molecule has 1 N–H and O–H groups in total. The lowest BCUT2D eigenvalue weighted by Gasteiger charge is -2.32. The largest absolute Gasteiger partial charge is 0.497 e. The van der Waals surface area contributed by atoms with E-state index in [2.05, 4.69) is 22.2 Å². The molecular formula is C19H24N4O3. The number of hydrogen-bond acceptors (Lipinski definition) is 6. The van der Waals surface area contributed by atoms with E-state index < -0.39 is 0 Å². The molecule has 0 aliphatic carbocycles. The van der Waals surface area contributed by atoms with Gasteiger partial charge in [-0.25, -0.2) is 4.98 Å². The summed E-state index contributed by atoms with van der Waals surface area (Å²) in [7, 11) is 5.28. The average molecular weight is 356 g/mol. The van der Waals surface area contributed by atoms with Crippen molar-refractivity contribution in [3.05, 3.63) is 42.1 Å². The second-order valence-corrected chi connectivity index (χ2v) is 6.22. The summed E-state index contributed by atoms with van der Waals surface area (Å²) in [5.41, 5.74) is 1.34. The Bertz CT molecular complexity index is 773. The van der Waals surface area contributed by atoms with Crippen LogP contribution in [-0.4, -0.2) is 68.1 Å². The predicted octanol–water partition coefficient (Wildman–Crippen LogP) is 2.23. The summed E-state index contributed by atoms with van der Waals surface area (Å²) in [6.45, 7) is 3.26.